The van der Waals surface area contributed by atoms with Gasteiger partial charge in [-0.25, -0.2) is 8.42 Å². The average Bonchev–Trinajstić information content (AvgIpc) is 2.93. The molecule has 0 spiro atoms. The van der Waals surface area contributed by atoms with Crippen LogP contribution in [0.25, 0.3) is 0 Å². The summed E-state index contributed by atoms with van der Waals surface area (Å²) in [4.78, 5) is 29.2. The van der Waals surface area contributed by atoms with E-state index in [-0.39, 0.29) is 30.8 Å². The first-order chi connectivity index (χ1) is 19.4. The lowest BCUT2D eigenvalue weighted by atomic mass is 10.0. The molecular formula is C32H41N3O5S. The second-order valence-electron chi connectivity index (χ2n) is 10.8. The van der Waals surface area contributed by atoms with Crippen LogP contribution in [-0.2, 0) is 32.6 Å². The maximum absolute atomic E-state index is 14.1. The summed E-state index contributed by atoms with van der Waals surface area (Å²) in [7, 11) is -2.26. The van der Waals surface area contributed by atoms with Crippen LogP contribution in [-0.4, -0.2) is 57.1 Å². The van der Waals surface area contributed by atoms with E-state index in [9.17, 15) is 18.0 Å². The number of benzene rings is 3. The minimum Gasteiger partial charge on any atom is -0.497 e. The Hall–Kier alpha value is -3.85. The first-order valence-corrected chi connectivity index (χ1v) is 15.6. The van der Waals surface area contributed by atoms with Crippen molar-refractivity contribution in [3.05, 3.63) is 95.6 Å². The quantitative estimate of drug-likeness (QED) is 0.315. The Morgan fingerprint density at radius 3 is 2.07 bits per heavy atom. The molecule has 0 heterocycles. The van der Waals surface area contributed by atoms with E-state index in [1.165, 1.54) is 4.90 Å². The van der Waals surface area contributed by atoms with Gasteiger partial charge in [0.25, 0.3) is 0 Å². The van der Waals surface area contributed by atoms with Gasteiger partial charge in [-0.15, -0.1) is 0 Å². The van der Waals surface area contributed by atoms with Crippen LogP contribution in [0.2, 0.25) is 0 Å². The molecular weight excluding hydrogens is 538 g/mol. The van der Waals surface area contributed by atoms with Crippen molar-refractivity contribution in [3.63, 3.8) is 0 Å². The highest BCUT2D eigenvalue weighted by Crippen LogP contribution is 2.24. The highest BCUT2D eigenvalue weighted by Gasteiger charge is 2.33. The van der Waals surface area contributed by atoms with Gasteiger partial charge in [-0.05, 0) is 60.7 Å². The van der Waals surface area contributed by atoms with Gasteiger partial charge in [-0.2, -0.15) is 0 Å². The molecule has 0 aliphatic heterocycles. The standard InChI is InChI=1S/C32H41N3O5S/c1-23(2)27-15-17-28(18-16-27)35(41(6,38)39)22-31(36)34(21-26-13-10-14-29(19-26)40-5)30(32(37)33-24(3)4)20-25-11-8-7-9-12-25/h7-19,23-24,30H,20-22H2,1-6H3,(H,33,37). The summed E-state index contributed by atoms with van der Waals surface area (Å²) in [5, 5.41) is 2.95. The summed E-state index contributed by atoms with van der Waals surface area (Å²) in [5.41, 5.74) is 3.07. The Bertz CT molecular complexity index is 1410. The first-order valence-electron chi connectivity index (χ1n) is 13.7. The molecule has 41 heavy (non-hydrogen) atoms. The van der Waals surface area contributed by atoms with Gasteiger partial charge in [0.1, 0.15) is 18.3 Å². The van der Waals surface area contributed by atoms with Crippen molar-refractivity contribution in [3.8, 4) is 5.75 Å². The zero-order chi connectivity index (χ0) is 30.2. The summed E-state index contributed by atoms with van der Waals surface area (Å²) < 4.78 is 32.4. The molecule has 0 saturated heterocycles. The Morgan fingerprint density at radius 2 is 1.51 bits per heavy atom. The number of hydrogen-bond acceptors (Lipinski definition) is 5. The van der Waals surface area contributed by atoms with Crippen molar-refractivity contribution in [1.29, 1.82) is 0 Å². The largest absolute Gasteiger partial charge is 0.497 e. The fraction of sp³-hybridized carbons (Fsp3) is 0.375. The molecule has 1 atom stereocenters. The van der Waals surface area contributed by atoms with E-state index in [1.807, 2.05) is 68.4 Å². The smallest absolute Gasteiger partial charge is 0.244 e. The van der Waals surface area contributed by atoms with Gasteiger partial charge in [0.05, 0.1) is 19.1 Å². The molecule has 0 aliphatic carbocycles. The summed E-state index contributed by atoms with van der Waals surface area (Å²) >= 11 is 0. The number of sulfonamides is 1. The number of nitrogens with one attached hydrogen (secondary N) is 1. The van der Waals surface area contributed by atoms with E-state index in [4.69, 9.17) is 4.74 Å². The maximum Gasteiger partial charge on any atom is 0.244 e. The van der Waals surface area contributed by atoms with Crippen molar-refractivity contribution in [1.82, 2.24) is 10.2 Å². The molecule has 0 bridgehead atoms. The van der Waals surface area contributed by atoms with Crippen LogP contribution < -0.4 is 14.4 Å². The number of amides is 2. The summed E-state index contributed by atoms with van der Waals surface area (Å²) in [6.45, 7) is 7.46. The number of anilines is 1. The van der Waals surface area contributed by atoms with Crippen LogP contribution in [0, 0.1) is 0 Å². The van der Waals surface area contributed by atoms with Crippen molar-refractivity contribution < 1.29 is 22.7 Å². The SMILES string of the molecule is COc1cccc(CN(C(=O)CN(c2ccc(C(C)C)cc2)S(C)(=O)=O)C(Cc2ccccc2)C(=O)NC(C)C)c1. The molecule has 3 aromatic rings. The second-order valence-corrected chi connectivity index (χ2v) is 12.7. The van der Waals surface area contributed by atoms with Gasteiger partial charge in [0, 0.05) is 19.0 Å². The minimum atomic E-state index is -3.82. The number of ether oxygens (including phenoxy) is 1. The zero-order valence-corrected chi connectivity index (χ0v) is 25.5. The molecule has 0 fully saturated rings. The summed E-state index contributed by atoms with van der Waals surface area (Å²) in [6, 6.07) is 22.9. The highest BCUT2D eigenvalue weighted by molar-refractivity contribution is 7.92. The molecule has 220 valence electrons. The van der Waals surface area contributed by atoms with Gasteiger partial charge < -0.3 is 15.0 Å². The van der Waals surface area contributed by atoms with Gasteiger partial charge in [-0.3, -0.25) is 13.9 Å². The van der Waals surface area contributed by atoms with E-state index in [1.54, 1.807) is 31.4 Å². The molecule has 0 saturated carbocycles. The molecule has 8 nitrogen and oxygen atoms in total. The predicted molar refractivity (Wildman–Crippen MR) is 163 cm³/mol. The molecule has 3 aromatic carbocycles. The molecule has 0 aromatic heterocycles. The Labute approximate surface area is 244 Å². The lowest BCUT2D eigenvalue weighted by Crippen LogP contribution is -2.54. The van der Waals surface area contributed by atoms with Crippen LogP contribution in [0.5, 0.6) is 5.75 Å². The molecule has 1 N–H and O–H groups in total. The van der Waals surface area contributed by atoms with Crippen molar-refractivity contribution in [2.24, 2.45) is 0 Å². The normalized spacial score (nSPS) is 12.2. The Balaban J connectivity index is 2.06. The molecule has 1 unspecified atom stereocenters. The van der Waals surface area contributed by atoms with Crippen LogP contribution >= 0.6 is 0 Å². The van der Waals surface area contributed by atoms with Crippen LogP contribution in [0.1, 0.15) is 50.3 Å². The number of carbonyl (C=O) groups excluding carboxylic acids is 2. The molecule has 0 radical (unpaired) electrons. The van der Waals surface area contributed by atoms with Crippen LogP contribution in [0.15, 0.2) is 78.9 Å². The van der Waals surface area contributed by atoms with Gasteiger partial charge in [0.15, 0.2) is 0 Å². The highest BCUT2D eigenvalue weighted by atomic mass is 32.2. The van der Waals surface area contributed by atoms with Gasteiger partial charge in [-0.1, -0.05) is 68.4 Å². The third-order valence-electron chi connectivity index (χ3n) is 6.72. The second kappa shape index (κ2) is 14.2. The van der Waals surface area contributed by atoms with Crippen molar-refractivity contribution >= 4 is 27.5 Å². The first kappa shape index (κ1) is 31.7. The zero-order valence-electron chi connectivity index (χ0n) is 24.7. The fourth-order valence-electron chi connectivity index (χ4n) is 4.54. The molecule has 9 heteroatoms. The third kappa shape index (κ3) is 9.08. The van der Waals surface area contributed by atoms with Crippen molar-refractivity contribution in [2.45, 2.75) is 58.7 Å². The van der Waals surface area contributed by atoms with Crippen LogP contribution in [0.4, 0.5) is 5.69 Å². The molecule has 2 amide bonds. The molecule has 0 aliphatic rings. The Kier molecular flexibility index (Phi) is 10.9. The summed E-state index contributed by atoms with van der Waals surface area (Å²) in [6.07, 6.45) is 1.34. The number of rotatable bonds is 13. The van der Waals surface area contributed by atoms with Crippen LogP contribution in [0.3, 0.4) is 0 Å². The summed E-state index contributed by atoms with van der Waals surface area (Å²) in [5.74, 6) is 0.0800. The number of hydrogen-bond donors (Lipinski definition) is 1. The van der Waals surface area contributed by atoms with Gasteiger partial charge >= 0.3 is 0 Å². The van der Waals surface area contributed by atoms with E-state index < -0.39 is 28.5 Å². The maximum atomic E-state index is 14.1. The van der Waals surface area contributed by atoms with E-state index in [0.717, 1.165) is 27.3 Å². The molecule has 3 rings (SSSR count). The topological polar surface area (TPSA) is 96.0 Å². The predicted octanol–water partition coefficient (Wildman–Crippen LogP) is 4.75. The minimum absolute atomic E-state index is 0.0862. The lowest BCUT2D eigenvalue weighted by Gasteiger charge is -2.34. The average molecular weight is 580 g/mol. The monoisotopic (exact) mass is 579 g/mol. The third-order valence-corrected chi connectivity index (χ3v) is 7.86. The number of carbonyl (C=O) groups is 2. The van der Waals surface area contributed by atoms with E-state index >= 15 is 0 Å². The Morgan fingerprint density at radius 1 is 0.878 bits per heavy atom. The van der Waals surface area contributed by atoms with E-state index in [2.05, 4.69) is 19.2 Å². The number of nitrogens with zero attached hydrogens (tertiary/aromatic N) is 2. The fourth-order valence-corrected chi connectivity index (χ4v) is 5.39. The van der Waals surface area contributed by atoms with Gasteiger partial charge in [0.2, 0.25) is 21.8 Å². The van der Waals surface area contributed by atoms with Crippen molar-refractivity contribution in [2.75, 3.05) is 24.2 Å². The number of methoxy groups -OCH3 is 1. The van der Waals surface area contributed by atoms with E-state index in [0.29, 0.717) is 11.4 Å². The lowest BCUT2D eigenvalue weighted by molar-refractivity contribution is -0.140.